The number of benzene rings is 1. The Bertz CT molecular complexity index is 402. The Morgan fingerprint density at radius 1 is 1.40 bits per heavy atom. The molecule has 1 unspecified atom stereocenters. The van der Waals surface area contributed by atoms with E-state index in [2.05, 4.69) is 5.32 Å². The molecule has 2 rings (SSSR count). The van der Waals surface area contributed by atoms with E-state index < -0.39 is 6.10 Å². The number of hydrogen-bond donors (Lipinski definition) is 2. The van der Waals surface area contributed by atoms with Gasteiger partial charge in [-0.25, -0.2) is 0 Å². The summed E-state index contributed by atoms with van der Waals surface area (Å²) in [5, 5.41) is 2.60. The molecule has 5 heteroatoms. The van der Waals surface area contributed by atoms with Crippen LogP contribution in [0.4, 0.5) is 5.69 Å². The monoisotopic (exact) mass is 222 g/mol. The molecule has 3 N–H and O–H groups in total. The third-order valence-electron chi connectivity index (χ3n) is 2.17. The van der Waals surface area contributed by atoms with Crippen molar-refractivity contribution in [3.05, 3.63) is 29.8 Å². The third-order valence-corrected chi connectivity index (χ3v) is 2.37. The molecule has 1 atom stereocenters. The minimum Gasteiger partial charge on any atom is -0.457 e. The maximum Gasteiger partial charge on any atom is 0.268 e. The van der Waals surface area contributed by atoms with Gasteiger partial charge in [-0.2, -0.15) is 0 Å². The van der Waals surface area contributed by atoms with Crippen molar-refractivity contribution in [1.82, 2.24) is 5.32 Å². The molecule has 0 aliphatic carbocycles. The zero-order chi connectivity index (χ0) is 10.8. The fraction of sp³-hybridized carbons (Fsp3) is 0.200. The van der Waals surface area contributed by atoms with Gasteiger partial charge in [-0.1, -0.05) is 12.1 Å². The van der Waals surface area contributed by atoms with Gasteiger partial charge < -0.3 is 10.5 Å². The number of carbonyl (C=O) groups is 1. The Balaban J connectivity index is 2.06. The van der Waals surface area contributed by atoms with E-state index in [-0.39, 0.29) is 11.1 Å². The summed E-state index contributed by atoms with van der Waals surface area (Å²) in [7, 11) is 0. The average molecular weight is 222 g/mol. The summed E-state index contributed by atoms with van der Waals surface area (Å²) in [4.78, 5) is 11.3. The second-order valence-corrected chi connectivity index (χ2v) is 3.70. The third kappa shape index (κ3) is 2.24. The number of anilines is 1. The van der Waals surface area contributed by atoms with Crippen molar-refractivity contribution in [3.8, 4) is 0 Å². The molecule has 0 radical (unpaired) electrons. The Kier molecular flexibility index (Phi) is 2.55. The second kappa shape index (κ2) is 3.86. The van der Waals surface area contributed by atoms with Gasteiger partial charge in [0.15, 0.2) is 6.10 Å². The Morgan fingerprint density at radius 3 is 2.60 bits per heavy atom. The van der Waals surface area contributed by atoms with E-state index in [1.807, 2.05) is 12.1 Å². The minimum absolute atomic E-state index is 0.153. The normalized spacial score (nSPS) is 19.9. The molecule has 78 valence electrons. The number of thiocarbonyl (C=S) groups is 1. The van der Waals surface area contributed by atoms with Crippen LogP contribution in [0, 0.1) is 0 Å². The molecule has 1 aliphatic heterocycles. The second-order valence-electron chi connectivity index (χ2n) is 3.33. The molecular weight excluding hydrogens is 212 g/mol. The number of amides is 1. The number of rotatable bonds is 2. The molecule has 1 aromatic carbocycles. The smallest absolute Gasteiger partial charge is 0.268 e. The van der Waals surface area contributed by atoms with E-state index in [1.54, 1.807) is 12.1 Å². The molecule has 1 fully saturated rings. The summed E-state index contributed by atoms with van der Waals surface area (Å²) in [5.41, 5.74) is 7.25. The van der Waals surface area contributed by atoms with Gasteiger partial charge >= 0.3 is 0 Å². The number of nitrogens with two attached hydrogens (primary N) is 1. The average Bonchev–Trinajstić information content (AvgIpc) is 2.49. The van der Waals surface area contributed by atoms with Crippen LogP contribution in [0.3, 0.4) is 0 Å². The predicted molar refractivity (Wildman–Crippen MR) is 60.2 cm³/mol. The molecule has 0 aromatic heterocycles. The maximum absolute atomic E-state index is 11.3. The Hall–Kier alpha value is -1.62. The fourth-order valence-electron chi connectivity index (χ4n) is 1.40. The SMILES string of the molecule is Nc1ccc(CC2OC(=S)NC2=O)cc1. The first kappa shape index (κ1) is 9.92. The molecule has 4 nitrogen and oxygen atoms in total. The standard InChI is InChI=1S/C10H10N2O2S/c11-7-3-1-6(2-4-7)5-8-9(13)12-10(15)14-8/h1-4,8H,5,11H2,(H,12,13,15). The highest BCUT2D eigenvalue weighted by Crippen LogP contribution is 2.12. The van der Waals surface area contributed by atoms with Crippen molar-refractivity contribution in [2.45, 2.75) is 12.5 Å². The highest BCUT2D eigenvalue weighted by Gasteiger charge is 2.29. The lowest BCUT2D eigenvalue weighted by atomic mass is 10.1. The van der Waals surface area contributed by atoms with E-state index in [9.17, 15) is 4.79 Å². The lowest BCUT2D eigenvalue weighted by molar-refractivity contribution is -0.123. The quantitative estimate of drug-likeness (QED) is 0.568. The summed E-state index contributed by atoms with van der Waals surface area (Å²) in [6.07, 6.45) is -0.00664. The summed E-state index contributed by atoms with van der Waals surface area (Å²) in [6.45, 7) is 0. The van der Waals surface area contributed by atoms with Gasteiger partial charge in [-0.3, -0.25) is 10.1 Å². The molecule has 1 saturated heterocycles. The van der Waals surface area contributed by atoms with Crippen LogP contribution in [-0.4, -0.2) is 17.2 Å². The number of nitrogens with one attached hydrogen (secondary N) is 1. The molecule has 1 aromatic rings. The molecule has 1 heterocycles. The van der Waals surface area contributed by atoms with Crippen LogP contribution in [0.2, 0.25) is 0 Å². The van der Waals surface area contributed by atoms with Crippen molar-refractivity contribution >= 4 is 29.0 Å². The van der Waals surface area contributed by atoms with Gasteiger partial charge in [0.25, 0.3) is 11.1 Å². The predicted octanol–water partition coefficient (Wildman–Crippen LogP) is 0.611. The van der Waals surface area contributed by atoms with E-state index >= 15 is 0 Å². The zero-order valence-electron chi connectivity index (χ0n) is 7.90. The Labute approximate surface area is 92.4 Å². The highest BCUT2D eigenvalue weighted by atomic mass is 32.1. The number of hydrogen-bond acceptors (Lipinski definition) is 4. The molecular formula is C10H10N2O2S. The maximum atomic E-state index is 11.3. The van der Waals surface area contributed by atoms with Gasteiger partial charge in [-0.05, 0) is 29.9 Å². The molecule has 0 saturated carbocycles. The van der Waals surface area contributed by atoms with Crippen LogP contribution < -0.4 is 11.1 Å². The lowest BCUT2D eigenvalue weighted by Crippen LogP contribution is -2.25. The van der Waals surface area contributed by atoms with Gasteiger partial charge in [0.2, 0.25) is 0 Å². The molecule has 1 amide bonds. The first-order chi connectivity index (χ1) is 7.15. The van der Waals surface area contributed by atoms with Crippen molar-refractivity contribution in [2.75, 3.05) is 5.73 Å². The molecule has 0 bridgehead atoms. The summed E-state index contributed by atoms with van der Waals surface area (Å²) in [5.74, 6) is -0.183. The first-order valence-corrected chi connectivity index (χ1v) is 4.92. The van der Waals surface area contributed by atoms with E-state index in [0.29, 0.717) is 12.1 Å². The topological polar surface area (TPSA) is 64.3 Å². The van der Waals surface area contributed by atoms with Crippen LogP contribution in [-0.2, 0) is 16.0 Å². The van der Waals surface area contributed by atoms with Crippen LogP contribution >= 0.6 is 12.2 Å². The lowest BCUT2D eigenvalue weighted by Gasteiger charge is -2.06. The van der Waals surface area contributed by atoms with Gasteiger partial charge in [0, 0.05) is 12.1 Å². The number of carbonyl (C=O) groups excluding carboxylic acids is 1. The van der Waals surface area contributed by atoms with Gasteiger partial charge in [-0.15, -0.1) is 0 Å². The Morgan fingerprint density at radius 2 is 2.07 bits per heavy atom. The van der Waals surface area contributed by atoms with Crippen LogP contribution in [0.1, 0.15) is 5.56 Å². The van der Waals surface area contributed by atoms with E-state index in [4.69, 9.17) is 22.7 Å². The fourth-order valence-corrected chi connectivity index (χ4v) is 1.61. The van der Waals surface area contributed by atoms with Crippen molar-refractivity contribution in [2.24, 2.45) is 0 Å². The van der Waals surface area contributed by atoms with Crippen molar-refractivity contribution in [1.29, 1.82) is 0 Å². The first-order valence-electron chi connectivity index (χ1n) is 4.51. The van der Waals surface area contributed by atoms with E-state index in [1.165, 1.54) is 0 Å². The summed E-state index contributed by atoms with van der Waals surface area (Å²) < 4.78 is 5.15. The minimum atomic E-state index is -0.513. The summed E-state index contributed by atoms with van der Waals surface area (Å²) in [6, 6.07) is 7.32. The van der Waals surface area contributed by atoms with Gasteiger partial charge in [0.05, 0.1) is 0 Å². The van der Waals surface area contributed by atoms with Crippen LogP contribution in [0.25, 0.3) is 0 Å². The highest BCUT2D eigenvalue weighted by molar-refractivity contribution is 7.80. The summed E-state index contributed by atoms with van der Waals surface area (Å²) >= 11 is 4.74. The van der Waals surface area contributed by atoms with Crippen molar-refractivity contribution < 1.29 is 9.53 Å². The zero-order valence-corrected chi connectivity index (χ0v) is 8.71. The molecule has 1 aliphatic rings. The van der Waals surface area contributed by atoms with Crippen LogP contribution in [0.5, 0.6) is 0 Å². The molecule has 15 heavy (non-hydrogen) atoms. The van der Waals surface area contributed by atoms with E-state index in [0.717, 1.165) is 5.56 Å². The largest absolute Gasteiger partial charge is 0.457 e. The number of ether oxygens (including phenoxy) is 1. The van der Waals surface area contributed by atoms with Gasteiger partial charge in [0.1, 0.15) is 0 Å². The molecule has 0 spiro atoms. The van der Waals surface area contributed by atoms with Crippen LogP contribution in [0.15, 0.2) is 24.3 Å². The van der Waals surface area contributed by atoms with Crippen molar-refractivity contribution in [3.63, 3.8) is 0 Å². The number of nitrogen functional groups attached to an aromatic ring is 1.